The molecule has 0 aliphatic carbocycles. The van der Waals surface area contributed by atoms with Crippen molar-refractivity contribution in [2.75, 3.05) is 13.2 Å². The Hall–Kier alpha value is -4.18. The highest BCUT2D eigenvalue weighted by atomic mass is 16.8. The van der Waals surface area contributed by atoms with Crippen molar-refractivity contribution < 1.29 is 69.0 Å². The van der Waals surface area contributed by atoms with Crippen LogP contribution in [0, 0.1) is 5.92 Å². The van der Waals surface area contributed by atoms with Crippen LogP contribution in [-0.4, -0.2) is 103 Å². The van der Waals surface area contributed by atoms with Gasteiger partial charge in [-0.15, -0.1) is 6.58 Å². The summed E-state index contributed by atoms with van der Waals surface area (Å²) in [6, 6.07) is 7.63. The van der Waals surface area contributed by atoms with Gasteiger partial charge in [0, 0.05) is 18.1 Å². The molecule has 5 rings (SSSR count). The maximum Gasteiger partial charge on any atom is 0.343 e. The summed E-state index contributed by atoms with van der Waals surface area (Å²) in [6.45, 7) is 2.83. The number of rotatable bonds is 7. The van der Waals surface area contributed by atoms with Crippen LogP contribution in [0.1, 0.15) is 16.8 Å². The molecule has 7 N–H and O–H groups in total. The maximum atomic E-state index is 13.5. The average Bonchev–Trinajstić information content (AvgIpc) is 2.96. The predicted molar refractivity (Wildman–Crippen MR) is 142 cm³/mol. The molecule has 2 aromatic rings. The van der Waals surface area contributed by atoms with Crippen molar-refractivity contribution in [1.82, 2.24) is 0 Å². The van der Waals surface area contributed by atoms with Crippen LogP contribution in [-0.2, 0) is 28.5 Å². The standard InChI is InChI=1S/C29H30O14/c1-2-17-27(40-12-18-25(36)39-7-6-29(17,18)38)43-28-24(23(35)22(34)20(11-30)41-28)42-26(37)21-16(9-15(32)10-19(21)33)13-4-3-5-14(31)8-13/h2-5,8-10,12,17,20,22-24,27-28,30-35,38H,1,6-7,11H2/t17-,20-,22-,23+,24-,27-,28-,29-/m1/s1. The van der Waals surface area contributed by atoms with Crippen molar-refractivity contribution in [3.05, 3.63) is 66.5 Å². The predicted octanol–water partition coefficient (Wildman–Crippen LogP) is 0.172. The Bertz CT molecular complexity index is 1440. The van der Waals surface area contributed by atoms with Gasteiger partial charge in [0.1, 0.15) is 52.3 Å². The monoisotopic (exact) mass is 602 g/mol. The molecule has 230 valence electrons. The molecule has 0 unspecified atom stereocenters. The fourth-order valence-corrected chi connectivity index (χ4v) is 5.39. The number of benzene rings is 2. The number of fused-ring (bicyclic) bond motifs is 1. The molecule has 0 radical (unpaired) electrons. The Morgan fingerprint density at radius 1 is 1.09 bits per heavy atom. The number of phenols is 3. The number of hydrogen-bond donors (Lipinski definition) is 7. The number of carbonyl (C=O) groups excluding carboxylic acids is 2. The first-order valence-corrected chi connectivity index (χ1v) is 13.2. The second kappa shape index (κ2) is 11.8. The lowest BCUT2D eigenvalue weighted by Gasteiger charge is -2.47. The lowest BCUT2D eigenvalue weighted by Crippen LogP contribution is -2.62. The van der Waals surface area contributed by atoms with Crippen LogP contribution >= 0.6 is 0 Å². The van der Waals surface area contributed by atoms with E-state index in [9.17, 15) is 45.3 Å². The third kappa shape index (κ3) is 5.51. The number of esters is 2. The van der Waals surface area contributed by atoms with E-state index >= 15 is 0 Å². The van der Waals surface area contributed by atoms with Gasteiger partial charge in [-0.3, -0.25) is 0 Å². The molecule has 43 heavy (non-hydrogen) atoms. The van der Waals surface area contributed by atoms with Gasteiger partial charge in [-0.25, -0.2) is 9.59 Å². The maximum absolute atomic E-state index is 13.5. The van der Waals surface area contributed by atoms with Crippen molar-refractivity contribution in [2.24, 2.45) is 5.92 Å². The lowest BCUT2D eigenvalue weighted by molar-refractivity contribution is -0.343. The second-order valence-corrected chi connectivity index (χ2v) is 10.3. The van der Waals surface area contributed by atoms with Gasteiger partial charge in [0.15, 0.2) is 6.10 Å². The van der Waals surface area contributed by atoms with E-state index in [0.717, 1.165) is 18.4 Å². The molecule has 3 aliphatic heterocycles. The summed E-state index contributed by atoms with van der Waals surface area (Å²) in [5.41, 5.74) is -2.25. The minimum atomic E-state index is -1.90. The van der Waals surface area contributed by atoms with E-state index in [4.69, 9.17) is 23.7 Å². The van der Waals surface area contributed by atoms with Gasteiger partial charge in [0.2, 0.25) is 12.6 Å². The van der Waals surface area contributed by atoms with Crippen LogP contribution in [0.25, 0.3) is 11.1 Å². The number of cyclic esters (lactones) is 1. The SMILES string of the molecule is C=C[C@@H]1[C@@H](O[C@H]2O[C@H](CO)[C@@H](O)[C@H](O)[C@H]2OC(=O)c2c(O)cc(O)cc2-c2cccc(O)c2)OC=C2C(=O)OCC[C@]21O. The second-order valence-electron chi connectivity index (χ2n) is 10.3. The Morgan fingerprint density at radius 2 is 1.86 bits per heavy atom. The van der Waals surface area contributed by atoms with E-state index < -0.39 is 84.1 Å². The molecule has 0 bridgehead atoms. The number of aliphatic hydroxyl groups excluding tert-OH is 3. The number of aromatic hydroxyl groups is 3. The first kappa shape index (κ1) is 30.3. The Labute approximate surface area is 244 Å². The summed E-state index contributed by atoms with van der Waals surface area (Å²) >= 11 is 0. The molecule has 0 amide bonds. The van der Waals surface area contributed by atoms with Crippen LogP contribution in [0.2, 0.25) is 0 Å². The molecular formula is C29H30O14. The summed E-state index contributed by atoms with van der Waals surface area (Å²) in [5.74, 6) is -4.40. The van der Waals surface area contributed by atoms with E-state index in [1.165, 1.54) is 30.3 Å². The molecule has 3 aliphatic rings. The minimum absolute atomic E-state index is 0.0209. The zero-order valence-corrected chi connectivity index (χ0v) is 22.5. The summed E-state index contributed by atoms with van der Waals surface area (Å²) in [4.78, 5) is 25.8. The van der Waals surface area contributed by atoms with Gasteiger partial charge < -0.3 is 59.4 Å². The van der Waals surface area contributed by atoms with Crippen molar-refractivity contribution >= 4 is 11.9 Å². The molecule has 14 nitrogen and oxygen atoms in total. The van der Waals surface area contributed by atoms with Crippen molar-refractivity contribution in [2.45, 2.75) is 49.0 Å². The van der Waals surface area contributed by atoms with Gasteiger partial charge in [-0.1, -0.05) is 18.2 Å². The van der Waals surface area contributed by atoms with E-state index in [0.29, 0.717) is 0 Å². The smallest absolute Gasteiger partial charge is 0.343 e. The number of ether oxygens (including phenoxy) is 5. The third-order valence-corrected chi connectivity index (χ3v) is 7.62. The molecule has 2 aromatic carbocycles. The minimum Gasteiger partial charge on any atom is -0.508 e. The summed E-state index contributed by atoms with van der Waals surface area (Å²) in [6.07, 6.45) is -7.79. The van der Waals surface area contributed by atoms with E-state index in [1.807, 2.05) is 0 Å². The van der Waals surface area contributed by atoms with Crippen molar-refractivity contribution in [3.8, 4) is 28.4 Å². The van der Waals surface area contributed by atoms with E-state index in [2.05, 4.69) is 6.58 Å². The fourth-order valence-electron chi connectivity index (χ4n) is 5.39. The van der Waals surface area contributed by atoms with Gasteiger partial charge in [0.05, 0.1) is 25.4 Å². The molecule has 14 heteroatoms. The number of phenolic OH excluding ortho intramolecular Hbond substituents is 3. The largest absolute Gasteiger partial charge is 0.508 e. The molecule has 8 atom stereocenters. The molecule has 0 spiro atoms. The van der Waals surface area contributed by atoms with Crippen LogP contribution in [0.5, 0.6) is 17.2 Å². The van der Waals surface area contributed by atoms with Crippen LogP contribution in [0.15, 0.2) is 60.9 Å². The normalized spacial score (nSPS) is 32.0. The molecular weight excluding hydrogens is 572 g/mol. The number of carbonyl (C=O) groups is 2. The van der Waals surface area contributed by atoms with E-state index in [-0.39, 0.29) is 35.5 Å². The van der Waals surface area contributed by atoms with Crippen molar-refractivity contribution in [1.29, 1.82) is 0 Å². The van der Waals surface area contributed by atoms with E-state index in [1.54, 1.807) is 0 Å². The molecule has 2 fully saturated rings. The highest BCUT2D eigenvalue weighted by Gasteiger charge is 2.55. The molecule has 0 aromatic heterocycles. The van der Waals surface area contributed by atoms with Gasteiger partial charge in [0.25, 0.3) is 0 Å². The van der Waals surface area contributed by atoms with Crippen LogP contribution < -0.4 is 0 Å². The van der Waals surface area contributed by atoms with Crippen LogP contribution in [0.4, 0.5) is 0 Å². The van der Waals surface area contributed by atoms with Gasteiger partial charge in [-0.05, 0) is 23.8 Å². The van der Waals surface area contributed by atoms with Gasteiger partial charge >= 0.3 is 11.9 Å². The van der Waals surface area contributed by atoms with Crippen molar-refractivity contribution in [3.63, 3.8) is 0 Å². The Kier molecular flexibility index (Phi) is 8.34. The zero-order valence-electron chi connectivity index (χ0n) is 22.5. The lowest BCUT2D eigenvalue weighted by atomic mass is 9.76. The highest BCUT2D eigenvalue weighted by Crippen LogP contribution is 2.43. The molecule has 0 saturated carbocycles. The first-order valence-electron chi connectivity index (χ1n) is 13.2. The number of aliphatic hydroxyl groups is 4. The summed E-state index contributed by atoms with van der Waals surface area (Å²) < 4.78 is 27.6. The highest BCUT2D eigenvalue weighted by molar-refractivity contribution is 6.00. The Morgan fingerprint density at radius 3 is 2.56 bits per heavy atom. The summed E-state index contributed by atoms with van der Waals surface area (Å²) in [5, 5.41) is 73.2. The van der Waals surface area contributed by atoms with Gasteiger partial charge in [-0.2, -0.15) is 0 Å². The topological polar surface area (TPSA) is 222 Å². The molecule has 3 heterocycles. The van der Waals surface area contributed by atoms with Crippen LogP contribution in [0.3, 0.4) is 0 Å². The summed E-state index contributed by atoms with van der Waals surface area (Å²) in [7, 11) is 0. The molecule has 2 saturated heterocycles. The quantitative estimate of drug-likeness (QED) is 0.166. The number of hydrogen-bond acceptors (Lipinski definition) is 14. The zero-order chi connectivity index (χ0) is 31.1. The first-order chi connectivity index (χ1) is 20.5. The Balaban J connectivity index is 1.48. The third-order valence-electron chi connectivity index (χ3n) is 7.62. The average molecular weight is 603 g/mol. The fraction of sp³-hybridized carbons (Fsp3) is 0.379.